The summed E-state index contributed by atoms with van der Waals surface area (Å²) in [4.78, 5) is 13.3. The smallest absolute Gasteiger partial charge is 0.417 e. The number of allylic oxidation sites excluding steroid dienone is 1. The Morgan fingerprint density at radius 1 is 0.925 bits per heavy atom. The summed E-state index contributed by atoms with van der Waals surface area (Å²) in [6, 6.07) is 24.5. The predicted octanol–water partition coefficient (Wildman–Crippen LogP) is 6.99. The largest absolute Gasteiger partial charge is 0.458 e. The monoisotopic (exact) mass is 542 g/mol. The van der Waals surface area contributed by atoms with Crippen molar-refractivity contribution in [3.8, 4) is 17.3 Å². The minimum atomic E-state index is -4.87. The van der Waals surface area contributed by atoms with Crippen molar-refractivity contribution in [3.05, 3.63) is 134 Å². The van der Waals surface area contributed by atoms with Crippen LogP contribution in [0.25, 0.3) is 17.0 Å². The molecular weight excluding hydrogens is 517 g/mol. The molecule has 40 heavy (non-hydrogen) atoms. The molecule has 0 amide bonds. The van der Waals surface area contributed by atoms with Gasteiger partial charge in [0.25, 0.3) is 5.56 Å². The van der Waals surface area contributed by atoms with Crippen LogP contribution in [-0.2, 0) is 28.6 Å². The van der Waals surface area contributed by atoms with Crippen LogP contribution in [-0.4, -0.2) is 11.4 Å². The second-order valence-electron chi connectivity index (χ2n) is 9.65. The molecule has 0 aliphatic carbocycles. The summed E-state index contributed by atoms with van der Waals surface area (Å²) in [5.74, 6) is 1.21. The molecule has 0 saturated heterocycles. The van der Waals surface area contributed by atoms with E-state index in [0.29, 0.717) is 29.1 Å². The topological polar surface area (TPSA) is 64.2 Å². The number of aryl methyl sites for hydroxylation is 2. The first kappa shape index (κ1) is 26.8. The number of ether oxygens (including phenoxy) is 2. The second-order valence-corrected chi connectivity index (χ2v) is 9.65. The van der Waals surface area contributed by atoms with E-state index in [9.17, 15) is 23.2 Å². The van der Waals surface area contributed by atoms with Crippen LogP contribution in [0.2, 0.25) is 0 Å². The molecule has 0 fully saturated rings. The van der Waals surface area contributed by atoms with E-state index in [-0.39, 0.29) is 19.0 Å². The van der Waals surface area contributed by atoms with E-state index in [4.69, 9.17) is 9.47 Å². The van der Waals surface area contributed by atoms with Crippen LogP contribution in [0.15, 0.2) is 89.4 Å². The summed E-state index contributed by atoms with van der Waals surface area (Å²) in [6.45, 7) is 3.89. The van der Waals surface area contributed by atoms with Gasteiger partial charge in [0.1, 0.15) is 17.4 Å². The quantitative estimate of drug-likeness (QED) is 0.264. The van der Waals surface area contributed by atoms with Gasteiger partial charge in [0, 0.05) is 12.0 Å². The minimum absolute atomic E-state index is 0.0121. The number of hydrogen-bond donors (Lipinski definition) is 0. The van der Waals surface area contributed by atoms with E-state index in [1.165, 1.54) is 10.6 Å². The van der Waals surface area contributed by atoms with Gasteiger partial charge in [0.05, 0.1) is 17.8 Å². The molecule has 0 atom stereocenters. The first-order valence-electron chi connectivity index (χ1n) is 12.6. The predicted molar refractivity (Wildman–Crippen MR) is 145 cm³/mol. The highest BCUT2D eigenvalue weighted by atomic mass is 19.4. The zero-order chi connectivity index (χ0) is 28.4. The highest BCUT2D eigenvalue weighted by Crippen LogP contribution is 2.35. The number of nitrogens with zero attached hydrogens (tertiary/aromatic N) is 2. The van der Waals surface area contributed by atoms with Gasteiger partial charge in [-0.25, -0.2) is 0 Å². The molecular formula is C32H25F3N2O3. The molecule has 0 unspecified atom stereocenters. The Hall–Kier alpha value is -4.77. The van der Waals surface area contributed by atoms with E-state index in [2.05, 4.69) is 0 Å². The Morgan fingerprint density at radius 2 is 1.62 bits per heavy atom. The van der Waals surface area contributed by atoms with E-state index < -0.39 is 22.9 Å². The first-order chi connectivity index (χ1) is 19.2. The molecule has 0 bridgehead atoms. The number of hydrogen-bond acceptors (Lipinski definition) is 4. The van der Waals surface area contributed by atoms with Gasteiger partial charge in [-0.15, -0.1) is 0 Å². The van der Waals surface area contributed by atoms with Gasteiger partial charge in [-0.2, -0.15) is 18.4 Å². The SMILES string of the molecule is Cc1ccc(Cn2c(-c3ccc(C4=C(Cc5ccccc5)OCO4)cc3)cc(C(F)(F)F)c(C#N)c2=O)c(C)c1. The molecule has 3 aromatic carbocycles. The van der Waals surface area contributed by atoms with E-state index in [0.717, 1.165) is 28.3 Å². The van der Waals surface area contributed by atoms with Crippen LogP contribution in [0.1, 0.15) is 38.9 Å². The fourth-order valence-electron chi connectivity index (χ4n) is 4.82. The summed E-state index contributed by atoms with van der Waals surface area (Å²) in [7, 11) is 0. The van der Waals surface area contributed by atoms with Crippen molar-refractivity contribution in [1.82, 2.24) is 4.57 Å². The zero-order valence-electron chi connectivity index (χ0n) is 21.9. The fourth-order valence-corrected chi connectivity index (χ4v) is 4.82. The Morgan fingerprint density at radius 3 is 2.27 bits per heavy atom. The van der Waals surface area contributed by atoms with Crippen LogP contribution in [0.5, 0.6) is 0 Å². The molecule has 0 spiro atoms. The molecule has 5 rings (SSSR count). The zero-order valence-corrected chi connectivity index (χ0v) is 21.9. The standard InChI is InChI=1S/C32H25F3N2O3/c1-20-8-9-25(21(2)14-20)18-37-28(16-27(32(33,34)35)26(17-36)31(37)38)23-10-12-24(13-11-23)30-29(39-19-40-30)15-22-6-4-3-5-7-22/h3-14,16H,15,18-19H2,1-2H3. The highest BCUT2D eigenvalue weighted by molar-refractivity contribution is 5.69. The van der Waals surface area contributed by atoms with E-state index in [1.807, 2.05) is 62.4 Å². The van der Waals surface area contributed by atoms with Crippen molar-refractivity contribution < 1.29 is 22.6 Å². The molecule has 4 aromatic rings. The van der Waals surface area contributed by atoms with Crippen molar-refractivity contribution in [2.75, 3.05) is 6.79 Å². The lowest BCUT2D eigenvalue weighted by Gasteiger charge is -2.19. The van der Waals surface area contributed by atoms with Crippen LogP contribution in [0.4, 0.5) is 13.2 Å². The van der Waals surface area contributed by atoms with E-state index in [1.54, 1.807) is 24.3 Å². The van der Waals surface area contributed by atoms with E-state index >= 15 is 0 Å². The van der Waals surface area contributed by atoms with Gasteiger partial charge in [-0.3, -0.25) is 4.79 Å². The Balaban J connectivity index is 1.60. The summed E-state index contributed by atoms with van der Waals surface area (Å²) in [5.41, 5.74) is 1.70. The summed E-state index contributed by atoms with van der Waals surface area (Å²) in [5, 5.41) is 9.50. The van der Waals surface area contributed by atoms with Crippen LogP contribution in [0.3, 0.4) is 0 Å². The number of halogens is 3. The number of benzene rings is 3. The van der Waals surface area contributed by atoms with Crippen LogP contribution >= 0.6 is 0 Å². The Labute approximate surface area is 229 Å². The number of alkyl halides is 3. The molecule has 5 nitrogen and oxygen atoms in total. The molecule has 0 N–H and O–H groups in total. The lowest BCUT2D eigenvalue weighted by atomic mass is 10.0. The Bertz CT molecular complexity index is 1700. The maximum Gasteiger partial charge on any atom is 0.417 e. The Kier molecular flexibility index (Phi) is 7.22. The summed E-state index contributed by atoms with van der Waals surface area (Å²) in [6.07, 6.45) is -4.35. The first-order valence-corrected chi connectivity index (χ1v) is 12.6. The number of rotatable bonds is 6. The summed E-state index contributed by atoms with van der Waals surface area (Å²) < 4.78 is 54.5. The van der Waals surface area contributed by atoms with Gasteiger partial charge >= 0.3 is 6.18 Å². The molecule has 0 saturated carbocycles. The molecule has 1 aromatic heterocycles. The van der Waals surface area contributed by atoms with Gasteiger partial charge in [0.2, 0.25) is 6.79 Å². The lowest BCUT2D eigenvalue weighted by Crippen LogP contribution is -2.29. The molecule has 202 valence electrons. The van der Waals surface area contributed by atoms with Crippen molar-refractivity contribution >= 4 is 5.76 Å². The number of pyridine rings is 1. The van der Waals surface area contributed by atoms with Crippen molar-refractivity contribution in [2.24, 2.45) is 0 Å². The number of nitriles is 1. The lowest BCUT2D eigenvalue weighted by molar-refractivity contribution is -0.137. The van der Waals surface area contributed by atoms with Crippen molar-refractivity contribution in [1.29, 1.82) is 5.26 Å². The molecule has 8 heteroatoms. The van der Waals surface area contributed by atoms with Gasteiger partial charge in [0.15, 0.2) is 5.76 Å². The third kappa shape index (κ3) is 5.36. The molecule has 0 radical (unpaired) electrons. The fraction of sp³-hybridized carbons (Fsp3) is 0.188. The third-order valence-electron chi connectivity index (χ3n) is 6.88. The van der Waals surface area contributed by atoms with Gasteiger partial charge in [-0.05, 0) is 42.2 Å². The maximum atomic E-state index is 13.9. The second kappa shape index (κ2) is 10.8. The van der Waals surface area contributed by atoms with Crippen LogP contribution < -0.4 is 5.56 Å². The normalized spacial score (nSPS) is 13.1. The van der Waals surface area contributed by atoms with Gasteiger partial charge in [-0.1, -0.05) is 78.4 Å². The molecule has 2 heterocycles. The third-order valence-corrected chi connectivity index (χ3v) is 6.88. The summed E-state index contributed by atoms with van der Waals surface area (Å²) >= 11 is 0. The van der Waals surface area contributed by atoms with Crippen LogP contribution in [0, 0.1) is 25.2 Å². The average Bonchev–Trinajstić information content (AvgIpc) is 3.39. The molecule has 1 aliphatic heterocycles. The van der Waals surface area contributed by atoms with Crippen molar-refractivity contribution in [2.45, 2.75) is 33.0 Å². The highest BCUT2D eigenvalue weighted by Gasteiger charge is 2.36. The molecule has 1 aliphatic rings. The van der Waals surface area contributed by atoms with Crippen molar-refractivity contribution in [3.63, 3.8) is 0 Å². The number of aromatic nitrogens is 1. The maximum absolute atomic E-state index is 13.9. The van der Waals surface area contributed by atoms with Gasteiger partial charge < -0.3 is 14.0 Å². The average molecular weight is 543 g/mol. The minimum Gasteiger partial charge on any atom is -0.458 e.